The van der Waals surface area contributed by atoms with Gasteiger partial charge in [0, 0.05) is 21.9 Å². The fourth-order valence-corrected chi connectivity index (χ4v) is 6.47. The van der Waals surface area contributed by atoms with Crippen LogP contribution < -0.4 is 4.74 Å². The lowest BCUT2D eigenvalue weighted by Gasteiger charge is -2.15. The van der Waals surface area contributed by atoms with Crippen LogP contribution in [0, 0.1) is 22.7 Å². The van der Waals surface area contributed by atoms with Crippen molar-refractivity contribution in [1.82, 2.24) is 0 Å². The Morgan fingerprint density at radius 2 is 0.872 bits per heavy atom. The first kappa shape index (κ1) is 29.1. The molecule has 0 aliphatic carbocycles. The Labute approximate surface area is 272 Å². The molecule has 0 aromatic heterocycles. The van der Waals surface area contributed by atoms with Crippen molar-refractivity contribution < 1.29 is 9.84 Å². The van der Waals surface area contributed by atoms with Gasteiger partial charge in [0.15, 0.2) is 0 Å². The molecule has 0 aliphatic rings. The summed E-state index contributed by atoms with van der Waals surface area (Å²) < 4.78 is 5.65. The van der Waals surface area contributed by atoms with Crippen LogP contribution in [-0.2, 0) is 0 Å². The lowest BCUT2D eigenvalue weighted by atomic mass is 9.91. The van der Waals surface area contributed by atoms with E-state index in [1.165, 1.54) is 5.39 Å². The number of phenols is 1. The summed E-state index contributed by atoms with van der Waals surface area (Å²) in [6.45, 7) is 0. The molecule has 8 aromatic rings. The minimum absolute atomic E-state index is 0.249. The van der Waals surface area contributed by atoms with E-state index < -0.39 is 0 Å². The Kier molecular flexibility index (Phi) is 7.68. The summed E-state index contributed by atoms with van der Waals surface area (Å²) in [5.74, 6) is 1.09. The van der Waals surface area contributed by atoms with Crippen LogP contribution >= 0.6 is 0 Å². The van der Waals surface area contributed by atoms with Crippen molar-refractivity contribution in [1.29, 1.82) is 10.5 Å². The van der Waals surface area contributed by atoms with E-state index in [4.69, 9.17) is 4.74 Å². The topological polar surface area (TPSA) is 77.0 Å². The van der Waals surface area contributed by atoms with Gasteiger partial charge in [0.1, 0.15) is 11.5 Å². The van der Waals surface area contributed by atoms with E-state index in [1.54, 1.807) is 13.2 Å². The SMILES string of the molecule is COc1ccc2ccccc2c1-c1ccc(C#N)c2ccccc12.N#Cc1ccc(-c2c(O)ccc3ccccc23)c2ccccc12. The van der Waals surface area contributed by atoms with Crippen LogP contribution in [0.25, 0.3) is 65.3 Å². The van der Waals surface area contributed by atoms with Crippen LogP contribution in [-0.4, -0.2) is 12.2 Å². The van der Waals surface area contributed by atoms with E-state index in [2.05, 4.69) is 36.4 Å². The van der Waals surface area contributed by atoms with Crippen LogP contribution in [0.15, 0.2) is 146 Å². The molecule has 0 saturated carbocycles. The smallest absolute Gasteiger partial charge is 0.127 e. The summed E-state index contributed by atoms with van der Waals surface area (Å²) in [4.78, 5) is 0. The Bertz CT molecular complexity index is 2550. The van der Waals surface area contributed by atoms with E-state index in [0.29, 0.717) is 11.1 Å². The number of nitrogens with zero attached hydrogens (tertiary/aromatic N) is 2. The molecule has 1 N–H and O–H groups in total. The number of hydrogen-bond donors (Lipinski definition) is 1. The molecule has 0 radical (unpaired) electrons. The zero-order valence-corrected chi connectivity index (χ0v) is 25.6. The zero-order chi connectivity index (χ0) is 32.3. The van der Waals surface area contributed by atoms with Crippen molar-refractivity contribution in [2.24, 2.45) is 0 Å². The Balaban J connectivity index is 0.000000150. The van der Waals surface area contributed by atoms with Crippen molar-refractivity contribution in [3.63, 3.8) is 0 Å². The second kappa shape index (κ2) is 12.4. The van der Waals surface area contributed by atoms with E-state index in [-0.39, 0.29) is 5.75 Å². The molecule has 0 amide bonds. The molecule has 222 valence electrons. The third kappa shape index (κ3) is 5.15. The number of fused-ring (bicyclic) bond motifs is 4. The van der Waals surface area contributed by atoms with Crippen molar-refractivity contribution in [3.05, 3.63) is 157 Å². The molecule has 8 rings (SSSR count). The number of rotatable bonds is 3. The molecular weight excluding hydrogens is 576 g/mol. The van der Waals surface area contributed by atoms with Gasteiger partial charge in [-0.1, -0.05) is 121 Å². The predicted molar refractivity (Wildman–Crippen MR) is 191 cm³/mol. The van der Waals surface area contributed by atoms with Crippen molar-refractivity contribution in [2.75, 3.05) is 7.11 Å². The Hall–Kier alpha value is -6.62. The summed E-state index contributed by atoms with van der Waals surface area (Å²) in [5, 5.41) is 37.5. The van der Waals surface area contributed by atoms with Crippen LogP contribution in [0.5, 0.6) is 11.5 Å². The van der Waals surface area contributed by atoms with Gasteiger partial charge in [0.05, 0.1) is 30.4 Å². The Morgan fingerprint density at radius 1 is 0.447 bits per heavy atom. The molecule has 4 nitrogen and oxygen atoms in total. The maximum absolute atomic E-state index is 10.5. The van der Waals surface area contributed by atoms with Crippen LogP contribution in [0.1, 0.15) is 11.1 Å². The van der Waals surface area contributed by atoms with E-state index in [1.807, 2.05) is 115 Å². The second-order valence-electron chi connectivity index (χ2n) is 11.2. The predicted octanol–water partition coefficient (Wildman–Crippen LogP) is 10.8. The fraction of sp³-hybridized carbons (Fsp3) is 0.0233. The van der Waals surface area contributed by atoms with Gasteiger partial charge in [-0.05, 0) is 67.7 Å². The maximum atomic E-state index is 10.5. The largest absolute Gasteiger partial charge is 0.507 e. The average Bonchev–Trinajstić information content (AvgIpc) is 3.14. The standard InChI is InChI=1S/C22H15NO.C21H13NO/c1-24-21-13-11-15-6-2-3-8-18(15)22(21)20-12-10-16(14-23)17-7-4-5-9-19(17)20;22-13-15-9-11-19(18-8-4-3-6-16(15)18)21-17-7-2-1-5-14(17)10-12-20(21)23/h2-13H,1H3;1-12,23H. The van der Waals surface area contributed by atoms with Crippen LogP contribution in [0.3, 0.4) is 0 Å². The molecule has 0 saturated heterocycles. The average molecular weight is 605 g/mol. The molecule has 8 aromatic carbocycles. The first-order chi connectivity index (χ1) is 23.1. The molecular formula is C43H28N2O2. The summed E-state index contributed by atoms with van der Waals surface area (Å²) in [5.41, 5.74) is 5.23. The highest BCUT2D eigenvalue weighted by molar-refractivity contribution is 6.10. The van der Waals surface area contributed by atoms with Gasteiger partial charge in [-0.2, -0.15) is 10.5 Å². The zero-order valence-electron chi connectivity index (χ0n) is 25.6. The molecule has 0 bridgehead atoms. The van der Waals surface area contributed by atoms with Crippen LogP contribution in [0.4, 0.5) is 0 Å². The molecule has 0 fully saturated rings. The third-order valence-corrected chi connectivity index (χ3v) is 8.65. The highest BCUT2D eigenvalue weighted by Gasteiger charge is 2.16. The van der Waals surface area contributed by atoms with E-state index in [9.17, 15) is 15.6 Å². The molecule has 0 unspecified atom stereocenters. The quantitative estimate of drug-likeness (QED) is 0.218. The van der Waals surface area contributed by atoms with Gasteiger partial charge in [0.2, 0.25) is 0 Å². The number of methoxy groups -OCH3 is 1. The molecule has 0 atom stereocenters. The monoisotopic (exact) mass is 604 g/mol. The maximum Gasteiger partial charge on any atom is 0.127 e. The third-order valence-electron chi connectivity index (χ3n) is 8.65. The number of nitriles is 2. The van der Waals surface area contributed by atoms with Gasteiger partial charge in [0.25, 0.3) is 0 Å². The number of aromatic hydroxyl groups is 1. The highest BCUT2D eigenvalue weighted by atomic mass is 16.5. The van der Waals surface area contributed by atoms with Gasteiger partial charge in [-0.15, -0.1) is 0 Å². The molecule has 0 spiro atoms. The number of hydrogen-bond acceptors (Lipinski definition) is 4. The fourth-order valence-electron chi connectivity index (χ4n) is 6.47. The first-order valence-corrected chi connectivity index (χ1v) is 15.2. The van der Waals surface area contributed by atoms with Crippen molar-refractivity contribution in [2.45, 2.75) is 0 Å². The first-order valence-electron chi connectivity index (χ1n) is 15.2. The number of phenolic OH excluding ortho intramolecular Hbond substituents is 1. The molecule has 47 heavy (non-hydrogen) atoms. The van der Waals surface area contributed by atoms with Gasteiger partial charge in [-0.3, -0.25) is 0 Å². The lowest BCUT2D eigenvalue weighted by molar-refractivity contribution is 0.417. The van der Waals surface area contributed by atoms with Crippen LogP contribution in [0.2, 0.25) is 0 Å². The van der Waals surface area contributed by atoms with Gasteiger partial charge >= 0.3 is 0 Å². The normalized spacial score (nSPS) is 10.7. The molecule has 0 aliphatic heterocycles. The van der Waals surface area contributed by atoms with Crippen molar-refractivity contribution >= 4 is 43.1 Å². The Morgan fingerprint density at radius 3 is 1.38 bits per heavy atom. The van der Waals surface area contributed by atoms with Gasteiger partial charge < -0.3 is 9.84 Å². The van der Waals surface area contributed by atoms with Gasteiger partial charge in [-0.25, -0.2) is 0 Å². The highest BCUT2D eigenvalue weighted by Crippen LogP contribution is 2.42. The molecule has 0 heterocycles. The molecule has 4 heteroatoms. The summed E-state index contributed by atoms with van der Waals surface area (Å²) in [6.07, 6.45) is 0. The summed E-state index contributed by atoms with van der Waals surface area (Å²) in [7, 11) is 1.69. The van der Waals surface area contributed by atoms with E-state index in [0.717, 1.165) is 65.7 Å². The summed E-state index contributed by atoms with van der Waals surface area (Å²) >= 11 is 0. The lowest BCUT2D eigenvalue weighted by Crippen LogP contribution is -1.92. The van der Waals surface area contributed by atoms with Crippen molar-refractivity contribution in [3.8, 4) is 45.9 Å². The number of ether oxygens (including phenoxy) is 1. The minimum Gasteiger partial charge on any atom is -0.507 e. The minimum atomic E-state index is 0.249. The van der Waals surface area contributed by atoms with E-state index >= 15 is 0 Å². The number of benzene rings is 8. The summed E-state index contributed by atoms with van der Waals surface area (Å²) in [6, 6.07) is 52.0. The second-order valence-corrected chi connectivity index (χ2v) is 11.2.